The van der Waals surface area contributed by atoms with Crippen LogP contribution in [-0.4, -0.2) is 9.55 Å². The molecule has 0 spiro atoms. The summed E-state index contributed by atoms with van der Waals surface area (Å²) in [5.74, 6) is 0. The van der Waals surface area contributed by atoms with Gasteiger partial charge in [0.05, 0.1) is 15.6 Å². The lowest BCUT2D eigenvalue weighted by Crippen LogP contribution is -1.93. The highest BCUT2D eigenvalue weighted by Gasteiger charge is 2.22. The third-order valence-electron chi connectivity index (χ3n) is 4.86. The number of aryl methyl sites for hydroxylation is 2. The molecule has 0 atom stereocenters. The molecular weight excluding hydrogens is 358 g/mol. The maximum atomic E-state index is 9.43. The smallest absolute Gasteiger partial charge is 0.120 e. The van der Waals surface area contributed by atoms with E-state index in [2.05, 4.69) is 51.1 Å². The van der Waals surface area contributed by atoms with E-state index in [9.17, 15) is 5.26 Å². The highest BCUT2D eigenvalue weighted by Crippen LogP contribution is 2.48. The van der Waals surface area contributed by atoms with Crippen molar-refractivity contribution in [2.24, 2.45) is 7.05 Å². The minimum Gasteiger partial charge on any atom is -0.339 e. The van der Waals surface area contributed by atoms with Crippen LogP contribution in [0.5, 0.6) is 0 Å². The second kappa shape index (κ2) is 6.39. The van der Waals surface area contributed by atoms with Crippen molar-refractivity contribution in [3.63, 3.8) is 0 Å². The van der Waals surface area contributed by atoms with E-state index in [1.165, 1.54) is 30.4 Å². The molecule has 0 amide bonds. The van der Waals surface area contributed by atoms with Crippen molar-refractivity contribution in [2.45, 2.75) is 27.2 Å². The summed E-state index contributed by atoms with van der Waals surface area (Å²) >= 11 is 3.59. The van der Waals surface area contributed by atoms with Crippen LogP contribution >= 0.6 is 22.7 Å². The molecule has 3 nitrogen and oxygen atoms in total. The monoisotopic (exact) mass is 377 g/mol. The Morgan fingerprint density at radius 3 is 2.58 bits per heavy atom. The highest BCUT2D eigenvalue weighted by atomic mass is 32.1. The minimum atomic E-state index is 0.691. The first-order valence-electron chi connectivity index (χ1n) is 8.60. The molecule has 0 aliphatic rings. The number of thiophene rings is 1. The van der Waals surface area contributed by atoms with Crippen LogP contribution in [0, 0.1) is 25.2 Å². The fourth-order valence-corrected chi connectivity index (χ4v) is 5.74. The van der Waals surface area contributed by atoms with E-state index < -0.39 is 0 Å². The number of rotatable bonds is 3. The topological polar surface area (TPSA) is 41.6 Å². The first-order chi connectivity index (χ1) is 12.5. The number of nitrogens with zero attached hydrogens (tertiary/aromatic N) is 3. The number of nitriles is 1. The standard InChI is InChI=1S/C21H19N3S2/c1-5-18-23-12(2)20(26-18)19-15-8-6-7-9-17(15)25-21(19)16-10-14(11-22)24(4)13(16)3/h6-10H,5H2,1-4H3. The van der Waals surface area contributed by atoms with Gasteiger partial charge in [0, 0.05) is 38.8 Å². The van der Waals surface area contributed by atoms with Crippen LogP contribution in [0.15, 0.2) is 30.3 Å². The molecule has 0 unspecified atom stereocenters. The van der Waals surface area contributed by atoms with Gasteiger partial charge in [-0.1, -0.05) is 25.1 Å². The van der Waals surface area contributed by atoms with E-state index in [1.54, 1.807) is 22.7 Å². The molecule has 0 N–H and O–H groups in total. The first-order valence-corrected chi connectivity index (χ1v) is 10.2. The molecule has 26 heavy (non-hydrogen) atoms. The Morgan fingerprint density at radius 1 is 1.15 bits per heavy atom. The summed E-state index contributed by atoms with van der Waals surface area (Å²) in [5, 5.41) is 11.9. The number of hydrogen-bond acceptors (Lipinski definition) is 4. The zero-order valence-corrected chi connectivity index (χ0v) is 16.9. The molecule has 4 rings (SSSR count). The molecular formula is C21H19N3S2. The molecule has 4 aromatic rings. The van der Waals surface area contributed by atoms with Crippen LogP contribution in [0.3, 0.4) is 0 Å². The normalized spacial score (nSPS) is 11.2. The summed E-state index contributed by atoms with van der Waals surface area (Å²) in [6.45, 7) is 6.33. The quantitative estimate of drug-likeness (QED) is 0.434. The third-order valence-corrected chi connectivity index (χ3v) is 7.38. The predicted octanol–water partition coefficient (Wildman–Crippen LogP) is 6.08. The van der Waals surface area contributed by atoms with Gasteiger partial charge >= 0.3 is 0 Å². The van der Waals surface area contributed by atoms with Gasteiger partial charge < -0.3 is 4.57 Å². The first kappa shape index (κ1) is 17.0. The molecule has 3 heterocycles. The Bertz CT molecular complexity index is 1170. The highest BCUT2D eigenvalue weighted by molar-refractivity contribution is 7.24. The van der Waals surface area contributed by atoms with Gasteiger partial charge in [-0.2, -0.15) is 5.26 Å². The second-order valence-electron chi connectivity index (χ2n) is 6.38. The molecule has 0 saturated heterocycles. The van der Waals surface area contributed by atoms with Crippen LogP contribution in [-0.2, 0) is 13.5 Å². The Labute approximate surface area is 161 Å². The molecule has 0 bridgehead atoms. The summed E-state index contributed by atoms with van der Waals surface area (Å²) < 4.78 is 3.24. The molecule has 0 radical (unpaired) electrons. The number of aromatic nitrogens is 2. The molecule has 0 saturated carbocycles. The molecule has 130 valence electrons. The van der Waals surface area contributed by atoms with Crippen LogP contribution in [0.1, 0.15) is 29.0 Å². The van der Waals surface area contributed by atoms with Gasteiger partial charge in [-0.25, -0.2) is 4.98 Å². The van der Waals surface area contributed by atoms with E-state index in [4.69, 9.17) is 4.98 Å². The van der Waals surface area contributed by atoms with Gasteiger partial charge in [0.1, 0.15) is 11.8 Å². The summed E-state index contributed by atoms with van der Waals surface area (Å²) in [4.78, 5) is 7.23. The van der Waals surface area contributed by atoms with Crippen molar-refractivity contribution >= 4 is 32.8 Å². The van der Waals surface area contributed by atoms with Crippen molar-refractivity contribution in [1.29, 1.82) is 5.26 Å². The minimum absolute atomic E-state index is 0.691. The lowest BCUT2D eigenvalue weighted by Gasteiger charge is -2.05. The summed E-state index contributed by atoms with van der Waals surface area (Å²) in [6.07, 6.45) is 0.950. The maximum absolute atomic E-state index is 9.43. The van der Waals surface area contributed by atoms with Gasteiger partial charge in [-0.05, 0) is 32.4 Å². The van der Waals surface area contributed by atoms with Crippen LogP contribution in [0.4, 0.5) is 0 Å². The lowest BCUT2D eigenvalue weighted by atomic mass is 10.0. The van der Waals surface area contributed by atoms with Gasteiger partial charge in [0.2, 0.25) is 0 Å². The number of thiazole rings is 1. The van der Waals surface area contributed by atoms with Crippen LogP contribution in [0.2, 0.25) is 0 Å². The predicted molar refractivity (Wildman–Crippen MR) is 111 cm³/mol. The van der Waals surface area contributed by atoms with E-state index in [0.717, 1.165) is 23.4 Å². The van der Waals surface area contributed by atoms with Gasteiger partial charge in [-0.3, -0.25) is 0 Å². The average molecular weight is 378 g/mol. The Morgan fingerprint density at radius 2 is 1.92 bits per heavy atom. The largest absolute Gasteiger partial charge is 0.339 e. The Balaban J connectivity index is 2.08. The number of hydrogen-bond donors (Lipinski definition) is 0. The molecule has 1 aromatic carbocycles. The fraction of sp³-hybridized carbons (Fsp3) is 0.238. The molecule has 5 heteroatoms. The van der Waals surface area contributed by atoms with Crippen molar-refractivity contribution in [3.05, 3.63) is 52.4 Å². The summed E-state index contributed by atoms with van der Waals surface area (Å²) in [7, 11) is 1.96. The SMILES string of the molecule is CCc1nc(C)c(-c2c(-c3cc(C#N)n(C)c3C)sc3ccccc23)s1. The van der Waals surface area contributed by atoms with Gasteiger partial charge in [-0.15, -0.1) is 22.7 Å². The van der Waals surface area contributed by atoms with Crippen molar-refractivity contribution in [2.75, 3.05) is 0 Å². The molecule has 0 fully saturated rings. The van der Waals surface area contributed by atoms with E-state index in [-0.39, 0.29) is 0 Å². The van der Waals surface area contributed by atoms with Crippen LogP contribution in [0.25, 0.3) is 31.0 Å². The summed E-state index contributed by atoms with van der Waals surface area (Å²) in [5.41, 5.74) is 5.30. The molecule has 0 aliphatic carbocycles. The van der Waals surface area contributed by atoms with Crippen molar-refractivity contribution in [1.82, 2.24) is 9.55 Å². The van der Waals surface area contributed by atoms with E-state index in [1.807, 2.05) is 17.7 Å². The third kappa shape index (κ3) is 2.49. The van der Waals surface area contributed by atoms with Crippen molar-refractivity contribution < 1.29 is 0 Å². The average Bonchev–Trinajstić information content (AvgIpc) is 3.29. The zero-order chi connectivity index (χ0) is 18.4. The van der Waals surface area contributed by atoms with Crippen LogP contribution < -0.4 is 0 Å². The van der Waals surface area contributed by atoms with E-state index in [0.29, 0.717) is 5.69 Å². The zero-order valence-electron chi connectivity index (χ0n) is 15.3. The van der Waals surface area contributed by atoms with E-state index >= 15 is 0 Å². The number of fused-ring (bicyclic) bond motifs is 1. The maximum Gasteiger partial charge on any atom is 0.120 e. The number of benzene rings is 1. The molecule has 0 aliphatic heterocycles. The second-order valence-corrected chi connectivity index (χ2v) is 8.51. The Hall–Kier alpha value is -2.42. The Kier molecular flexibility index (Phi) is 4.18. The molecule has 3 aromatic heterocycles. The summed E-state index contributed by atoms with van der Waals surface area (Å²) in [6, 6.07) is 12.9. The van der Waals surface area contributed by atoms with Crippen molar-refractivity contribution in [3.8, 4) is 27.0 Å². The lowest BCUT2D eigenvalue weighted by molar-refractivity contribution is 0.867. The van der Waals surface area contributed by atoms with Gasteiger partial charge in [0.15, 0.2) is 0 Å². The fourth-order valence-electron chi connectivity index (χ4n) is 3.33. The van der Waals surface area contributed by atoms with Gasteiger partial charge in [0.25, 0.3) is 0 Å².